The van der Waals surface area contributed by atoms with Crippen molar-refractivity contribution in [3.8, 4) is 0 Å². The summed E-state index contributed by atoms with van der Waals surface area (Å²) in [5.74, 6) is 1.06. The highest BCUT2D eigenvalue weighted by Gasteiger charge is 2.02. The van der Waals surface area contributed by atoms with Gasteiger partial charge < -0.3 is 10.6 Å². The first-order valence-corrected chi connectivity index (χ1v) is 7.29. The molecule has 2 aromatic carbocycles. The summed E-state index contributed by atoms with van der Waals surface area (Å²) in [6.07, 6.45) is 1.48. The van der Waals surface area contributed by atoms with E-state index in [0.29, 0.717) is 11.6 Å². The molecular formula is C18H17FN4. The summed E-state index contributed by atoms with van der Waals surface area (Å²) in [5.41, 5.74) is 4.20. The molecule has 23 heavy (non-hydrogen) atoms. The molecule has 1 aromatic heterocycles. The second-order valence-electron chi connectivity index (χ2n) is 5.34. The van der Waals surface area contributed by atoms with Crippen LogP contribution in [0.1, 0.15) is 11.1 Å². The van der Waals surface area contributed by atoms with E-state index >= 15 is 0 Å². The molecular weight excluding hydrogens is 291 g/mol. The monoisotopic (exact) mass is 308 g/mol. The average Bonchev–Trinajstić information content (AvgIpc) is 2.54. The number of halogens is 1. The predicted molar refractivity (Wildman–Crippen MR) is 90.9 cm³/mol. The molecule has 0 fully saturated rings. The van der Waals surface area contributed by atoms with Gasteiger partial charge in [0.1, 0.15) is 23.8 Å². The zero-order chi connectivity index (χ0) is 16.2. The Morgan fingerprint density at radius 2 is 1.35 bits per heavy atom. The Kier molecular flexibility index (Phi) is 4.19. The molecule has 3 rings (SSSR count). The van der Waals surface area contributed by atoms with Gasteiger partial charge in [-0.2, -0.15) is 0 Å². The van der Waals surface area contributed by atoms with Crippen molar-refractivity contribution >= 4 is 23.0 Å². The first-order chi connectivity index (χ1) is 11.1. The zero-order valence-corrected chi connectivity index (χ0v) is 13.0. The molecule has 0 saturated carbocycles. The second kappa shape index (κ2) is 6.44. The maximum atomic E-state index is 12.9. The lowest BCUT2D eigenvalue weighted by Crippen LogP contribution is -1.99. The van der Waals surface area contributed by atoms with Gasteiger partial charge in [-0.3, -0.25) is 0 Å². The van der Waals surface area contributed by atoms with E-state index in [2.05, 4.69) is 46.6 Å². The lowest BCUT2D eigenvalue weighted by atomic mass is 10.1. The van der Waals surface area contributed by atoms with E-state index in [4.69, 9.17) is 0 Å². The molecule has 0 radical (unpaired) electrons. The number of anilines is 4. The first-order valence-electron chi connectivity index (χ1n) is 7.29. The SMILES string of the molecule is Cc1ccc(Nc2cc(Nc3ccc(F)cc3)ncn2)cc1C. The molecule has 0 amide bonds. The highest BCUT2D eigenvalue weighted by atomic mass is 19.1. The van der Waals surface area contributed by atoms with Gasteiger partial charge in [-0.1, -0.05) is 6.07 Å². The molecule has 0 spiro atoms. The third kappa shape index (κ3) is 3.83. The van der Waals surface area contributed by atoms with Crippen molar-refractivity contribution in [1.29, 1.82) is 0 Å². The van der Waals surface area contributed by atoms with Crippen molar-refractivity contribution in [3.05, 3.63) is 71.8 Å². The predicted octanol–water partition coefficient (Wildman–Crippen LogP) is 4.72. The molecule has 0 aliphatic heterocycles. The minimum Gasteiger partial charge on any atom is -0.340 e. The van der Waals surface area contributed by atoms with Crippen molar-refractivity contribution in [2.24, 2.45) is 0 Å². The van der Waals surface area contributed by atoms with Crippen molar-refractivity contribution < 1.29 is 4.39 Å². The fourth-order valence-electron chi connectivity index (χ4n) is 2.14. The van der Waals surface area contributed by atoms with Crippen LogP contribution in [0.4, 0.5) is 27.4 Å². The van der Waals surface area contributed by atoms with E-state index < -0.39 is 0 Å². The van der Waals surface area contributed by atoms with E-state index in [1.54, 1.807) is 18.2 Å². The van der Waals surface area contributed by atoms with Gasteiger partial charge in [0.25, 0.3) is 0 Å². The summed E-state index contributed by atoms with van der Waals surface area (Å²) < 4.78 is 12.9. The molecule has 4 nitrogen and oxygen atoms in total. The molecule has 0 bridgehead atoms. The normalized spacial score (nSPS) is 10.4. The Hall–Kier alpha value is -2.95. The minimum atomic E-state index is -0.268. The van der Waals surface area contributed by atoms with Crippen molar-refractivity contribution in [1.82, 2.24) is 9.97 Å². The summed E-state index contributed by atoms with van der Waals surface area (Å²) in [6, 6.07) is 14.1. The quantitative estimate of drug-likeness (QED) is 0.732. The highest BCUT2D eigenvalue weighted by Crippen LogP contribution is 2.21. The van der Waals surface area contributed by atoms with Crippen LogP contribution in [0.25, 0.3) is 0 Å². The van der Waals surface area contributed by atoms with Gasteiger partial charge in [-0.15, -0.1) is 0 Å². The Morgan fingerprint density at radius 3 is 2.00 bits per heavy atom. The van der Waals surface area contributed by atoms with Gasteiger partial charge in [0.05, 0.1) is 0 Å². The van der Waals surface area contributed by atoms with Gasteiger partial charge in [0.2, 0.25) is 0 Å². The van der Waals surface area contributed by atoms with Crippen LogP contribution in [0.15, 0.2) is 54.9 Å². The largest absolute Gasteiger partial charge is 0.340 e. The Morgan fingerprint density at radius 1 is 0.739 bits per heavy atom. The van der Waals surface area contributed by atoms with Crippen LogP contribution in [0.2, 0.25) is 0 Å². The average molecular weight is 308 g/mol. The molecule has 0 unspecified atom stereocenters. The highest BCUT2D eigenvalue weighted by molar-refractivity contribution is 5.63. The molecule has 0 aliphatic rings. The van der Waals surface area contributed by atoms with Crippen molar-refractivity contribution in [2.45, 2.75) is 13.8 Å². The van der Waals surface area contributed by atoms with Crippen LogP contribution < -0.4 is 10.6 Å². The second-order valence-corrected chi connectivity index (χ2v) is 5.34. The number of hydrogen-bond acceptors (Lipinski definition) is 4. The third-order valence-electron chi connectivity index (χ3n) is 3.56. The van der Waals surface area contributed by atoms with Gasteiger partial charge in [0.15, 0.2) is 0 Å². The standard InChI is InChI=1S/C18H17FN4/c1-12-3-6-16(9-13(12)2)23-18-10-17(20-11-21-18)22-15-7-4-14(19)5-8-15/h3-11H,1-2H3,(H2,20,21,22,23). The number of aromatic nitrogens is 2. The van der Waals surface area contributed by atoms with Gasteiger partial charge in [-0.05, 0) is 61.4 Å². The Balaban J connectivity index is 1.76. The fourth-order valence-corrected chi connectivity index (χ4v) is 2.14. The topological polar surface area (TPSA) is 49.8 Å². The van der Waals surface area contributed by atoms with Gasteiger partial charge in [0, 0.05) is 17.4 Å². The van der Waals surface area contributed by atoms with Crippen LogP contribution in [-0.2, 0) is 0 Å². The van der Waals surface area contributed by atoms with Crippen LogP contribution in [0.3, 0.4) is 0 Å². The van der Waals surface area contributed by atoms with Crippen LogP contribution >= 0.6 is 0 Å². The lowest BCUT2D eigenvalue weighted by molar-refractivity contribution is 0.628. The first kappa shape index (κ1) is 15.0. The molecule has 5 heteroatoms. The van der Waals surface area contributed by atoms with Gasteiger partial charge >= 0.3 is 0 Å². The summed E-state index contributed by atoms with van der Waals surface area (Å²) in [7, 11) is 0. The zero-order valence-electron chi connectivity index (χ0n) is 13.0. The number of benzene rings is 2. The Labute approximate surface area is 134 Å². The molecule has 116 valence electrons. The number of hydrogen-bond donors (Lipinski definition) is 2. The van der Waals surface area contributed by atoms with E-state index in [9.17, 15) is 4.39 Å². The summed E-state index contributed by atoms with van der Waals surface area (Å²) in [6.45, 7) is 4.15. The fraction of sp³-hybridized carbons (Fsp3) is 0.111. The smallest absolute Gasteiger partial charge is 0.135 e. The van der Waals surface area contributed by atoms with E-state index in [0.717, 1.165) is 11.4 Å². The number of nitrogens with zero attached hydrogens (tertiary/aromatic N) is 2. The number of aryl methyl sites for hydroxylation is 2. The van der Waals surface area contributed by atoms with Crippen molar-refractivity contribution in [2.75, 3.05) is 10.6 Å². The van der Waals surface area contributed by atoms with E-state index in [1.165, 1.54) is 29.6 Å². The van der Waals surface area contributed by atoms with Gasteiger partial charge in [-0.25, -0.2) is 14.4 Å². The maximum Gasteiger partial charge on any atom is 0.135 e. The molecule has 1 heterocycles. The summed E-state index contributed by atoms with van der Waals surface area (Å²) >= 11 is 0. The molecule has 0 atom stereocenters. The number of nitrogens with one attached hydrogen (secondary N) is 2. The van der Waals surface area contributed by atoms with E-state index in [-0.39, 0.29) is 5.82 Å². The molecule has 3 aromatic rings. The molecule has 2 N–H and O–H groups in total. The summed E-state index contributed by atoms with van der Waals surface area (Å²) in [5, 5.41) is 6.38. The lowest BCUT2D eigenvalue weighted by Gasteiger charge is -2.10. The minimum absolute atomic E-state index is 0.268. The molecule has 0 aliphatic carbocycles. The van der Waals surface area contributed by atoms with Crippen LogP contribution in [0.5, 0.6) is 0 Å². The van der Waals surface area contributed by atoms with E-state index in [1.807, 2.05) is 6.07 Å². The number of rotatable bonds is 4. The Bertz CT molecular complexity index is 816. The maximum absolute atomic E-state index is 12.9. The molecule has 0 saturated heterocycles. The third-order valence-corrected chi connectivity index (χ3v) is 3.56. The van der Waals surface area contributed by atoms with Crippen molar-refractivity contribution in [3.63, 3.8) is 0 Å². The van der Waals surface area contributed by atoms with Crippen LogP contribution in [0, 0.1) is 19.7 Å². The summed E-state index contributed by atoms with van der Waals surface area (Å²) in [4.78, 5) is 8.39. The van der Waals surface area contributed by atoms with Crippen LogP contribution in [-0.4, -0.2) is 9.97 Å².